The lowest BCUT2D eigenvalue weighted by Crippen LogP contribution is -2.17. The van der Waals surface area contributed by atoms with Gasteiger partial charge in [0.25, 0.3) is 0 Å². The molecular formula is C27H20F4N2O3S. The molecule has 5 nitrogen and oxygen atoms in total. The van der Waals surface area contributed by atoms with Gasteiger partial charge in [-0.15, -0.1) is 0 Å². The minimum absolute atomic E-state index is 0.0525. The zero-order chi connectivity index (χ0) is 26.2. The zero-order valence-electron chi connectivity index (χ0n) is 19.2. The number of hydrogen-bond acceptors (Lipinski definition) is 5. The highest BCUT2D eigenvalue weighted by molar-refractivity contribution is 7.90. The van der Waals surface area contributed by atoms with Crippen LogP contribution in [0.3, 0.4) is 0 Å². The van der Waals surface area contributed by atoms with E-state index in [0.717, 1.165) is 12.1 Å². The van der Waals surface area contributed by atoms with E-state index in [2.05, 4.69) is 9.97 Å². The van der Waals surface area contributed by atoms with E-state index in [1.54, 1.807) is 6.07 Å². The molecule has 0 bridgehead atoms. The largest absolute Gasteiger partial charge is 0.493 e. The van der Waals surface area contributed by atoms with Crippen LogP contribution in [0.15, 0.2) is 84.1 Å². The summed E-state index contributed by atoms with van der Waals surface area (Å²) in [5.41, 5.74) is 1.58. The van der Waals surface area contributed by atoms with Gasteiger partial charge in [0.1, 0.15) is 17.9 Å². The van der Waals surface area contributed by atoms with Gasteiger partial charge in [-0.1, -0.05) is 24.3 Å². The first-order valence-corrected chi connectivity index (χ1v) is 13.0. The summed E-state index contributed by atoms with van der Waals surface area (Å²) in [6, 6.07) is 14.9. The summed E-state index contributed by atoms with van der Waals surface area (Å²) in [6.45, 7) is 0.247. The predicted octanol–water partition coefficient (Wildman–Crippen LogP) is 6.19. The van der Waals surface area contributed by atoms with Crippen molar-refractivity contribution >= 4 is 9.84 Å². The number of aromatic nitrogens is 2. The van der Waals surface area contributed by atoms with E-state index in [-0.39, 0.29) is 23.2 Å². The first-order valence-electron chi connectivity index (χ1n) is 11.3. The second-order valence-corrected chi connectivity index (χ2v) is 10.6. The molecule has 0 saturated heterocycles. The molecule has 5 rings (SSSR count). The third-order valence-electron chi connectivity index (χ3n) is 6.28. The van der Waals surface area contributed by atoms with Crippen LogP contribution in [0, 0.1) is 5.82 Å². The summed E-state index contributed by atoms with van der Waals surface area (Å²) >= 11 is 0. The molecule has 37 heavy (non-hydrogen) atoms. The first kappa shape index (κ1) is 24.9. The van der Waals surface area contributed by atoms with E-state index >= 15 is 0 Å². The van der Waals surface area contributed by atoms with E-state index in [0.29, 0.717) is 40.1 Å². The number of halogens is 4. The molecule has 0 amide bonds. The van der Waals surface area contributed by atoms with Gasteiger partial charge in [-0.25, -0.2) is 22.8 Å². The van der Waals surface area contributed by atoms with Crippen LogP contribution in [-0.4, -0.2) is 25.0 Å². The predicted molar refractivity (Wildman–Crippen MR) is 128 cm³/mol. The third-order valence-corrected chi connectivity index (χ3v) is 7.92. The topological polar surface area (TPSA) is 69.2 Å². The molecule has 2 heterocycles. The lowest BCUT2D eigenvalue weighted by molar-refractivity contribution is -0.137. The Morgan fingerprint density at radius 1 is 0.946 bits per heavy atom. The Morgan fingerprint density at radius 2 is 1.70 bits per heavy atom. The molecule has 0 fully saturated rings. The van der Waals surface area contributed by atoms with Crippen molar-refractivity contribution in [2.45, 2.75) is 29.2 Å². The lowest BCUT2D eigenvalue weighted by Gasteiger charge is -2.29. The van der Waals surface area contributed by atoms with E-state index in [1.807, 2.05) is 0 Å². The summed E-state index contributed by atoms with van der Waals surface area (Å²) in [4.78, 5) is 7.81. The van der Waals surface area contributed by atoms with Crippen LogP contribution < -0.4 is 4.74 Å². The highest BCUT2D eigenvalue weighted by Crippen LogP contribution is 2.44. The van der Waals surface area contributed by atoms with Crippen molar-refractivity contribution in [2.24, 2.45) is 0 Å². The molecule has 3 aromatic carbocycles. The Morgan fingerprint density at radius 3 is 2.41 bits per heavy atom. The van der Waals surface area contributed by atoms with Crippen molar-refractivity contribution in [3.8, 4) is 16.9 Å². The Kier molecular flexibility index (Phi) is 6.45. The number of ether oxygens (including phenoxy) is 1. The monoisotopic (exact) mass is 528 g/mol. The number of hydrogen-bond donors (Lipinski definition) is 0. The van der Waals surface area contributed by atoms with Crippen molar-refractivity contribution in [1.29, 1.82) is 0 Å². The highest BCUT2D eigenvalue weighted by Gasteiger charge is 2.33. The van der Waals surface area contributed by atoms with Crippen LogP contribution in [0.4, 0.5) is 17.6 Å². The number of sulfone groups is 1. The fourth-order valence-corrected chi connectivity index (χ4v) is 5.77. The summed E-state index contributed by atoms with van der Waals surface area (Å²) in [5.74, 6) is -0.815. The van der Waals surface area contributed by atoms with Crippen molar-refractivity contribution in [3.05, 3.63) is 107 Å². The van der Waals surface area contributed by atoms with Crippen molar-refractivity contribution in [3.63, 3.8) is 0 Å². The van der Waals surface area contributed by atoms with Gasteiger partial charge in [0.2, 0.25) is 0 Å². The average Bonchev–Trinajstić information content (AvgIpc) is 2.88. The van der Waals surface area contributed by atoms with Gasteiger partial charge < -0.3 is 4.74 Å². The second kappa shape index (κ2) is 9.59. The lowest BCUT2D eigenvalue weighted by atomic mass is 9.82. The van der Waals surface area contributed by atoms with Gasteiger partial charge in [-0.2, -0.15) is 13.2 Å². The van der Waals surface area contributed by atoms with Crippen LogP contribution in [0.25, 0.3) is 11.1 Å². The molecule has 0 spiro atoms. The molecular weight excluding hydrogens is 508 g/mol. The summed E-state index contributed by atoms with van der Waals surface area (Å²) < 4.78 is 85.9. The maximum absolute atomic E-state index is 13.5. The molecule has 1 atom stereocenters. The molecule has 4 aromatic rings. The molecule has 190 valence electrons. The summed E-state index contributed by atoms with van der Waals surface area (Å²) in [6.07, 6.45) is -1.34. The van der Waals surface area contributed by atoms with Gasteiger partial charge >= 0.3 is 6.18 Å². The Bertz CT molecular complexity index is 1540. The number of nitrogens with zero attached hydrogens (tertiary/aromatic N) is 2. The minimum atomic E-state index is -4.55. The summed E-state index contributed by atoms with van der Waals surface area (Å²) in [7, 11) is -3.74. The average molecular weight is 529 g/mol. The number of rotatable bonds is 5. The molecule has 0 saturated carbocycles. The van der Waals surface area contributed by atoms with Crippen molar-refractivity contribution in [1.82, 2.24) is 9.97 Å². The highest BCUT2D eigenvalue weighted by atomic mass is 32.2. The quantitative estimate of drug-likeness (QED) is 0.289. The van der Waals surface area contributed by atoms with Gasteiger partial charge in [0, 0.05) is 17.7 Å². The zero-order valence-corrected chi connectivity index (χ0v) is 20.1. The van der Waals surface area contributed by atoms with Gasteiger partial charge in [-0.3, -0.25) is 0 Å². The Balaban J connectivity index is 1.56. The van der Waals surface area contributed by atoms with Crippen LogP contribution in [0.2, 0.25) is 0 Å². The third kappa shape index (κ3) is 5.20. The normalized spacial score (nSPS) is 15.6. The molecule has 0 unspecified atom stereocenters. The van der Waals surface area contributed by atoms with E-state index in [1.165, 1.54) is 61.1 Å². The SMILES string of the molecule is O=S(=O)(Cc1ccncn1)c1ccc2c(c1)OCC[C@H]2c1ccc(C(F)(F)F)cc1-c1ccc(F)cc1. The van der Waals surface area contributed by atoms with Crippen molar-refractivity contribution < 1.29 is 30.7 Å². The molecule has 0 N–H and O–H groups in total. The maximum atomic E-state index is 13.5. The van der Waals surface area contributed by atoms with E-state index in [9.17, 15) is 26.0 Å². The van der Waals surface area contributed by atoms with E-state index < -0.39 is 27.4 Å². The minimum Gasteiger partial charge on any atom is -0.493 e. The van der Waals surface area contributed by atoms with Gasteiger partial charge in [0.05, 0.1) is 28.5 Å². The van der Waals surface area contributed by atoms with Crippen LogP contribution in [-0.2, 0) is 21.8 Å². The fourth-order valence-electron chi connectivity index (χ4n) is 4.48. The van der Waals surface area contributed by atoms with E-state index in [4.69, 9.17) is 4.74 Å². The Labute approximate surface area is 210 Å². The number of alkyl halides is 3. The smallest absolute Gasteiger partial charge is 0.416 e. The molecule has 1 aliphatic heterocycles. The molecule has 10 heteroatoms. The molecule has 1 aliphatic rings. The first-order chi connectivity index (χ1) is 17.6. The molecule has 0 radical (unpaired) electrons. The standard InChI is InChI=1S/C27H20F4N2O3S/c28-19-4-1-17(2-5-19)25-13-18(27(29,30)31)3-7-22(25)23-10-12-36-26-14-21(6-8-24(23)26)37(34,35)15-20-9-11-32-16-33-20/h1-9,11,13-14,16,23H,10,12,15H2/t23-/m0/s1. The van der Waals surface area contributed by atoms with Gasteiger partial charge in [0.15, 0.2) is 9.84 Å². The summed E-state index contributed by atoms with van der Waals surface area (Å²) in [5, 5.41) is 0. The maximum Gasteiger partial charge on any atom is 0.416 e. The van der Waals surface area contributed by atoms with Crippen LogP contribution in [0.1, 0.15) is 34.7 Å². The van der Waals surface area contributed by atoms with Gasteiger partial charge in [-0.05, 0) is 65.6 Å². The number of benzene rings is 3. The van der Waals surface area contributed by atoms with Crippen LogP contribution in [0.5, 0.6) is 5.75 Å². The van der Waals surface area contributed by atoms with Crippen molar-refractivity contribution in [2.75, 3.05) is 6.61 Å². The molecule has 1 aromatic heterocycles. The van der Waals surface area contributed by atoms with Crippen LogP contribution >= 0.6 is 0 Å². The second-order valence-electron chi connectivity index (χ2n) is 8.66. The fraction of sp³-hybridized carbons (Fsp3) is 0.185. The Hall–Kier alpha value is -3.79. The molecule has 0 aliphatic carbocycles. The number of fused-ring (bicyclic) bond motifs is 1.